The maximum absolute atomic E-state index is 13.7. The molecular weight excluding hydrogens is 486 g/mol. The Morgan fingerprint density at radius 1 is 0.946 bits per heavy atom. The van der Waals surface area contributed by atoms with E-state index in [1.54, 1.807) is 30.5 Å². The predicted octanol–water partition coefficient (Wildman–Crippen LogP) is 7.29. The Balaban J connectivity index is 1.59. The Bertz CT molecular complexity index is 1890. The first-order chi connectivity index (χ1) is 18.0. The van der Waals surface area contributed by atoms with Gasteiger partial charge in [-0.1, -0.05) is 54.1 Å². The maximum atomic E-state index is 13.7. The molecule has 37 heavy (non-hydrogen) atoms. The molecule has 0 spiro atoms. The second-order valence-corrected chi connectivity index (χ2v) is 9.41. The monoisotopic (exact) mass is 507 g/mol. The summed E-state index contributed by atoms with van der Waals surface area (Å²) in [4.78, 5) is 18.4. The largest absolute Gasteiger partial charge is 0.490 e. The second kappa shape index (κ2) is 9.22. The lowest BCUT2D eigenvalue weighted by Gasteiger charge is -2.14. The minimum atomic E-state index is -0.304. The van der Waals surface area contributed by atoms with Gasteiger partial charge in [-0.05, 0) is 67.1 Å². The van der Waals surface area contributed by atoms with Crippen LogP contribution in [0.3, 0.4) is 0 Å². The van der Waals surface area contributed by atoms with Crippen LogP contribution in [-0.4, -0.2) is 22.0 Å². The predicted molar refractivity (Wildman–Crippen MR) is 149 cm³/mol. The normalized spacial score (nSPS) is 11.9. The summed E-state index contributed by atoms with van der Waals surface area (Å²) in [5.41, 5.74) is 1.66. The molecule has 6 nitrogen and oxygen atoms in total. The Kier molecular flexibility index (Phi) is 5.74. The van der Waals surface area contributed by atoms with Crippen molar-refractivity contribution < 1.29 is 9.15 Å². The van der Waals surface area contributed by atoms with Gasteiger partial charge in [0.15, 0.2) is 5.76 Å². The molecule has 0 bridgehead atoms. The first-order valence-corrected chi connectivity index (χ1v) is 12.3. The van der Waals surface area contributed by atoms with Crippen LogP contribution in [0.1, 0.15) is 19.4 Å². The van der Waals surface area contributed by atoms with E-state index in [0.717, 1.165) is 21.7 Å². The molecule has 182 valence electrons. The Morgan fingerprint density at radius 2 is 1.73 bits per heavy atom. The fourth-order valence-corrected chi connectivity index (χ4v) is 4.58. The lowest BCUT2D eigenvalue weighted by Crippen LogP contribution is -2.20. The summed E-state index contributed by atoms with van der Waals surface area (Å²) < 4.78 is 13.4. The quantitative estimate of drug-likeness (QED) is 0.230. The van der Waals surface area contributed by atoms with Crippen LogP contribution in [-0.2, 0) is 0 Å². The Labute approximate surface area is 217 Å². The molecule has 0 aliphatic heterocycles. The van der Waals surface area contributed by atoms with E-state index < -0.39 is 0 Å². The van der Waals surface area contributed by atoms with Crippen molar-refractivity contribution in [2.24, 2.45) is 5.10 Å². The SMILES string of the molecule is CC(C)Oc1ccc2ccccc2c1C=Nn1c(-c2cc3cc(Cl)ccc3o2)nc2ccccc2c1=O. The van der Waals surface area contributed by atoms with E-state index >= 15 is 0 Å². The number of para-hydroxylation sites is 1. The van der Waals surface area contributed by atoms with Gasteiger partial charge in [0.05, 0.1) is 23.2 Å². The summed E-state index contributed by atoms with van der Waals surface area (Å²) >= 11 is 6.18. The van der Waals surface area contributed by atoms with Crippen molar-refractivity contribution in [1.29, 1.82) is 0 Å². The van der Waals surface area contributed by atoms with E-state index in [0.29, 0.717) is 38.8 Å². The molecule has 0 saturated heterocycles. The van der Waals surface area contributed by atoms with Crippen molar-refractivity contribution >= 4 is 50.5 Å². The number of nitrogens with zero attached hydrogens (tertiary/aromatic N) is 3. The number of aromatic nitrogens is 2. The Morgan fingerprint density at radius 3 is 2.57 bits per heavy atom. The first kappa shape index (κ1) is 23.0. The molecule has 2 heterocycles. The highest BCUT2D eigenvalue weighted by Crippen LogP contribution is 2.30. The summed E-state index contributed by atoms with van der Waals surface area (Å²) in [6.45, 7) is 3.94. The fraction of sp³-hybridized carbons (Fsp3) is 0.100. The summed E-state index contributed by atoms with van der Waals surface area (Å²) in [5.74, 6) is 1.38. The molecule has 0 aliphatic carbocycles. The highest BCUT2D eigenvalue weighted by atomic mass is 35.5. The minimum absolute atomic E-state index is 0.0312. The molecule has 0 atom stereocenters. The molecule has 6 aromatic rings. The van der Waals surface area contributed by atoms with E-state index in [1.165, 1.54) is 4.68 Å². The third-order valence-electron chi connectivity index (χ3n) is 6.05. The van der Waals surface area contributed by atoms with Gasteiger partial charge in [0.25, 0.3) is 5.56 Å². The van der Waals surface area contributed by atoms with Crippen LogP contribution < -0.4 is 10.3 Å². The van der Waals surface area contributed by atoms with Gasteiger partial charge in [-0.3, -0.25) is 4.79 Å². The van der Waals surface area contributed by atoms with E-state index in [2.05, 4.69) is 5.10 Å². The van der Waals surface area contributed by atoms with Crippen LogP contribution in [0.4, 0.5) is 0 Å². The Hall–Kier alpha value is -4.42. The third-order valence-corrected chi connectivity index (χ3v) is 6.28. The van der Waals surface area contributed by atoms with Gasteiger partial charge in [0.1, 0.15) is 11.3 Å². The van der Waals surface area contributed by atoms with Gasteiger partial charge in [0.2, 0.25) is 5.82 Å². The molecule has 0 aliphatic rings. The summed E-state index contributed by atoms with van der Waals surface area (Å²) in [6, 6.07) is 26.3. The molecule has 7 heteroatoms. The van der Waals surface area contributed by atoms with Crippen LogP contribution in [0, 0.1) is 0 Å². The summed E-state index contributed by atoms with van der Waals surface area (Å²) in [5, 5.41) is 8.52. The molecule has 0 fully saturated rings. The topological polar surface area (TPSA) is 69.6 Å². The van der Waals surface area contributed by atoms with Crippen molar-refractivity contribution in [2.45, 2.75) is 20.0 Å². The van der Waals surface area contributed by atoms with E-state index in [4.69, 9.17) is 25.7 Å². The van der Waals surface area contributed by atoms with Crippen LogP contribution in [0.2, 0.25) is 5.02 Å². The lowest BCUT2D eigenvalue weighted by molar-refractivity contribution is 0.242. The number of fused-ring (bicyclic) bond motifs is 3. The zero-order valence-electron chi connectivity index (χ0n) is 20.2. The average molecular weight is 508 g/mol. The van der Waals surface area contributed by atoms with Crippen LogP contribution in [0.5, 0.6) is 5.75 Å². The number of hydrogen-bond acceptors (Lipinski definition) is 5. The smallest absolute Gasteiger partial charge is 0.282 e. The van der Waals surface area contributed by atoms with Gasteiger partial charge in [-0.15, -0.1) is 0 Å². The number of furan rings is 1. The van der Waals surface area contributed by atoms with Crippen molar-refractivity contribution in [1.82, 2.24) is 9.66 Å². The van der Waals surface area contributed by atoms with Gasteiger partial charge in [-0.25, -0.2) is 4.98 Å². The third kappa shape index (κ3) is 4.26. The average Bonchev–Trinajstić information content (AvgIpc) is 3.31. The standard InChI is InChI=1S/C30H22ClN3O3/c1-18(2)36-27-13-11-19-7-3-4-8-22(19)24(27)17-32-34-29(33-25-10-6-5-9-23(25)30(34)35)28-16-20-15-21(31)12-14-26(20)37-28/h3-18H,1-2H3. The van der Waals surface area contributed by atoms with Crippen molar-refractivity contribution in [3.05, 3.63) is 106 Å². The molecule has 6 rings (SSSR count). The zero-order valence-corrected chi connectivity index (χ0v) is 20.9. The van der Waals surface area contributed by atoms with Crippen LogP contribution >= 0.6 is 11.6 Å². The van der Waals surface area contributed by atoms with E-state index in [9.17, 15) is 4.79 Å². The molecule has 0 radical (unpaired) electrons. The van der Waals surface area contributed by atoms with Crippen molar-refractivity contribution in [3.63, 3.8) is 0 Å². The highest BCUT2D eigenvalue weighted by molar-refractivity contribution is 6.31. The van der Waals surface area contributed by atoms with Gasteiger partial charge in [-0.2, -0.15) is 9.78 Å². The first-order valence-electron chi connectivity index (χ1n) is 11.9. The maximum Gasteiger partial charge on any atom is 0.282 e. The summed E-state index contributed by atoms with van der Waals surface area (Å²) in [6.07, 6.45) is 1.62. The second-order valence-electron chi connectivity index (χ2n) is 8.97. The molecule has 0 saturated carbocycles. The molecule has 0 N–H and O–H groups in total. The minimum Gasteiger partial charge on any atom is -0.490 e. The van der Waals surface area contributed by atoms with Crippen molar-refractivity contribution in [3.8, 4) is 17.3 Å². The summed E-state index contributed by atoms with van der Waals surface area (Å²) in [7, 11) is 0. The number of rotatable bonds is 5. The number of benzene rings is 4. The number of hydrogen-bond donors (Lipinski definition) is 0. The van der Waals surface area contributed by atoms with E-state index in [1.807, 2.05) is 74.5 Å². The van der Waals surface area contributed by atoms with Crippen molar-refractivity contribution in [2.75, 3.05) is 0 Å². The molecular formula is C30H22ClN3O3. The lowest BCUT2D eigenvalue weighted by atomic mass is 10.0. The number of halogens is 1. The fourth-order valence-electron chi connectivity index (χ4n) is 4.40. The molecule has 0 amide bonds. The highest BCUT2D eigenvalue weighted by Gasteiger charge is 2.17. The zero-order chi connectivity index (χ0) is 25.5. The molecule has 0 unspecified atom stereocenters. The van der Waals surface area contributed by atoms with E-state index in [-0.39, 0.29) is 11.7 Å². The van der Waals surface area contributed by atoms with Gasteiger partial charge >= 0.3 is 0 Å². The number of ether oxygens (including phenoxy) is 1. The van der Waals surface area contributed by atoms with Crippen LogP contribution in [0.15, 0.2) is 99.2 Å². The van der Waals surface area contributed by atoms with Crippen LogP contribution in [0.25, 0.3) is 44.2 Å². The molecule has 4 aromatic carbocycles. The molecule has 2 aromatic heterocycles. The van der Waals surface area contributed by atoms with Gasteiger partial charge < -0.3 is 9.15 Å². The van der Waals surface area contributed by atoms with Gasteiger partial charge in [0, 0.05) is 16.0 Å².